The molecule has 1 N–H and O–H groups in total. The second-order valence-corrected chi connectivity index (χ2v) is 5.88. The molecule has 0 aromatic heterocycles. The highest BCUT2D eigenvalue weighted by molar-refractivity contribution is 7.99. The summed E-state index contributed by atoms with van der Waals surface area (Å²) in [7, 11) is 0. The van der Waals surface area contributed by atoms with Crippen LogP contribution in [0, 0.1) is 0 Å². The van der Waals surface area contributed by atoms with Gasteiger partial charge in [-0.1, -0.05) is 27.2 Å². The molecule has 0 radical (unpaired) electrons. The third-order valence-corrected chi connectivity index (χ3v) is 3.89. The van der Waals surface area contributed by atoms with Crippen molar-refractivity contribution in [2.75, 3.05) is 31.1 Å². The van der Waals surface area contributed by atoms with E-state index in [4.69, 9.17) is 0 Å². The number of thioether (sulfide) groups is 1. The van der Waals surface area contributed by atoms with Gasteiger partial charge in [-0.05, 0) is 6.42 Å². The Balaban J connectivity index is 2.33. The van der Waals surface area contributed by atoms with Crippen molar-refractivity contribution >= 4 is 11.8 Å². The SMILES string of the molecule is CCCC(CNC(C)C)N1CCSCC1. The van der Waals surface area contributed by atoms with Gasteiger partial charge in [0.1, 0.15) is 0 Å². The van der Waals surface area contributed by atoms with Gasteiger partial charge in [0.05, 0.1) is 0 Å². The first kappa shape index (κ1) is 13.3. The van der Waals surface area contributed by atoms with Crippen molar-refractivity contribution in [3.63, 3.8) is 0 Å². The van der Waals surface area contributed by atoms with Crippen LogP contribution in [0.1, 0.15) is 33.6 Å². The van der Waals surface area contributed by atoms with E-state index in [-0.39, 0.29) is 0 Å². The lowest BCUT2D eigenvalue weighted by Crippen LogP contribution is -2.47. The molecular weight excluding hydrogens is 204 g/mol. The summed E-state index contributed by atoms with van der Waals surface area (Å²) in [5.74, 6) is 2.64. The Labute approximate surface area is 99.2 Å². The van der Waals surface area contributed by atoms with Gasteiger partial charge in [-0.3, -0.25) is 4.90 Å². The molecule has 0 bridgehead atoms. The van der Waals surface area contributed by atoms with Crippen molar-refractivity contribution in [3.8, 4) is 0 Å². The lowest BCUT2D eigenvalue weighted by atomic mass is 10.1. The Bertz CT molecular complexity index is 156. The van der Waals surface area contributed by atoms with Crippen molar-refractivity contribution < 1.29 is 0 Å². The fourth-order valence-electron chi connectivity index (χ4n) is 2.06. The van der Waals surface area contributed by atoms with E-state index in [1.807, 2.05) is 0 Å². The van der Waals surface area contributed by atoms with Crippen molar-refractivity contribution in [3.05, 3.63) is 0 Å². The fourth-order valence-corrected chi connectivity index (χ4v) is 2.99. The number of hydrogen-bond acceptors (Lipinski definition) is 3. The molecule has 0 spiro atoms. The standard InChI is InChI=1S/C12H26N2S/c1-4-5-12(10-13-11(2)3)14-6-8-15-9-7-14/h11-13H,4-10H2,1-3H3. The van der Waals surface area contributed by atoms with Crippen molar-refractivity contribution in [2.24, 2.45) is 0 Å². The van der Waals surface area contributed by atoms with Gasteiger partial charge < -0.3 is 5.32 Å². The highest BCUT2D eigenvalue weighted by Gasteiger charge is 2.19. The molecule has 90 valence electrons. The molecule has 0 saturated carbocycles. The molecule has 1 unspecified atom stereocenters. The van der Waals surface area contributed by atoms with E-state index in [0.29, 0.717) is 6.04 Å². The van der Waals surface area contributed by atoms with Crippen LogP contribution < -0.4 is 5.32 Å². The predicted octanol–water partition coefficient (Wildman–Crippen LogP) is 2.20. The lowest BCUT2D eigenvalue weighted by molar-refractivity contribution is 0.196. The van der Waals surface area contributed by atoms with Crippen LogP contribution in [-0.2, 0) is 0 Å². The van der Waals surface area contributed by atoms with Crippen molar-refractivity contribution in [1.82, 2.24) is 10.2 Å². The van der Waals surface area contributed by atoms with Gasteiger partial charge in [-0.15, -0.1) is 0 Å². The minimum atomic E-state index is 0.614. The minimum absolute atomic E-state index is 0.614. The molecule has 2 nitrogen and oxygen atoms in total. The maximum Gasteiger partial charge on any atom is 0.0221 e. The van der Waals surface area contributed by atoms with Gasteiger partial charge in [0.2, 0.25) is 0 Å². The molecule has 0 aromatic carbocycles. The second-order valence-electron chi connectivity index (χ2n) is 4.65. The number of hydrogen-bond donors (Lipinski definition) is 1. The molecular formula is C12H26N2S. The molecule has 1 aliphatic heterocycles. The van der Waals surface area contributed by atoms with Crippen LogP contribution in [0.4, 0.5) is 0 Å². The maximum atomic E-state index is 3.58. The van der Waals surface area contributed by atoms with Crippen LogP contribution >= 0.6 is 11.8 Å². The van der Waals surface area contributed by atoms with Crippen LogP contribution in [0.25, 0.3) is 0 Å². The van der Waals surface area contributed by atoms with Crippen LogP contribution in [-0.4, -0.2) is 48.1 Å². The largest absolute Gasteiger partial charge is 0.313 e. The van der Waals surface area contributed by atoms with E-state index in [9.17, 15) is 0 Å². The van der Waals surface area contributed by atoms with Crippen molar-refractivity contribution in [1.29, 1.82) is 0 Å². The summed E-state index contributed by atoms with van der Waals surface area (Å²) < 4.78 is 0. The van der Waals surface area contributed by atoms with Gasteiger partial charge >= 0.3 is 0 Å². The first-order valence-corrected chi connectivity index (χ1v) is 7.44. The van der Waals surface area contributed by atoms with Crippen LogP contribution in [0.3, 0.4) is 0 Å². The second kappa shape index (κ2) is 7.53. The molecule has 3 heteroatoms. The summed E-state index contributed by atoms with van der Waals surface area (Å²) in [6, 6.07) is 1.38. The quantitative estimate of drug-likeness (QED) is 0.753. The molecule has 0 amide bonds. The van der Waals surface area contributed by atoms with E-state index < -0.39 is 0 Å². The number of rotatable bonds is 6. The summed E-state index contributed by atoms with van der Waals surface area (Å²) >= 11 is 2.10. The van der Waals surface area contributed by atoms with Gasteiger partial charge in [-0.2, -0.15) is 11.8 Å². The Kier molecular flexibility index (Phi) is 6.69. The normalized spacial score (nSPS) is 20.8. The van der Waals surface area contributed by atoms with E-state index in [1.54, 1.807) is 0 Å². The summed E-state index contributed by atoms with van der Waals surface area (Å²) in [6.07, 6.45) is 2.64. The Morgan fingerprint density at radius 3 is 2.47 bits per heavy atom. The van der Waals surface area contributed by atoms with Gasteiger partial charge in [0.15, 0.2) is 0 Å². The zero-order chi connectivity index (χ0) is 11.1. The molecule has 0 aromatic rings. The molecule has 1 fully saturated rings. The number of nitrogens with one attached hydrogen (secondary N) is 1. The monoisotopic (exact) mass is 230 g/mol. The molecule has 1 saturated heterocycles. The fraction of sp³-hybridized carbons (Fsp3) is 1.00. The van der Waals surface area contributed by atoms with Gasteiger partial charge in [0.25, 0.3) is 0 Å². The summed E-state index contributed by atoms with van der Waals surface area (Å²) in [5, 5.41) is 3.58. The van der Waals surface area contributed by atoms with E-state index in [2.05, 4.69) is 42.7 Å². The predicted molar refractivity (Wildman–Crippen MR) is 70.7 cm³/mol. The summed E-state index contributed by atoms with van der Waals surface area (Å²) in [4.78, 5) is 2.68. The molecule has 1 atom stereocenters. The molecule has 1 aliphatic rings. The average Bonchev–Trinajstić information content (AvgIpc) is 2.25. The minimum Gasteiger partial charge on any atom is -0.313 e. The highest BCUT2D eigenvalue weighted by atomic mass is 32.2. The van der Waals surface area contributed by atoms with Gasteiger partial charge in [0, 0.05) is 43.2 Å². The first-order chi connectivity index (χ1) is 7.24. The third kappa shape index (κ3) is 5.23. The molecule has 1 heterocycles. The average molecular weight is 230 g/mol. The lowest BCUT2D eigenvalue weighted by Gasteiger charge is -2.35. The Morgan fingerprint density at radius 1 is 1.27 bits per heavy atom. The Hall–Kier alpha value is 0.270. The van der Waals surface area contributed by atoms with E-state index in [1.165, 1.54) is 37.4 Å². The third-order valence-electron chi connectivity index (χ3n) is 2.95. The maximum absolute atomic E-state index is 3.58. The molecule has 15 heavy (non-hydrogen) atoms. The zero-order valence-electron chi connectivity index (χ0n) is 10.5. The van der Waals surface area contributed by atoms with Gasteiger partial charge in [-0.25, -0.2) is 0 Å². The van der Waals surface area contributed by atoms with Crippen LogP contribution in [0.15, 0.2) is 0 Å². The first-order valence-electron chi connectivity index (χ1n) is 6.29. The topological polar surface area (TPSA) is 15.3 Å². The number of nitrogens with zero attached hydrogens (tertiary/aromatic N) is 1. The van der Waals surface area contributed by atoms with E-state index >= 15 is 0 Å². The summed E-state index contributed by atoms with van der Waals surface area (Å²) in [5.41, 5.74) is 0. The molecule has 0 aliphatic carbocycles. The Morgan fingerprint density at radius 2 is 1.93 bits per heavy atom. The summed E-state index contributed by atoms with van der Waals surface area (Å²) in [6.45, 7) is 10.5. The van der Waals surface area contributed by atoms with E-state index in [0.717, 1.165) is 12.6 Å². The highest BCUT2D eigenvalue weighted by Crippen LogP contribution is 2.14. The smallest absolute Gasteiger partial charge is 0.0221 e. The molecule has 1 rings (SSSR count). The van der Waals surface area contributed by atoms with Crippen LogP contribution in [0.2, 0.25) is 0 Å². The zero-order valence-corrected chi connectivity index (χ0v) is 11.3. The van der Waals surface area contributed by atoms with Crippen LogP contribution in [0.5, 0.6) is 0 Å². The van der Waals surface area contributed by atoms with Crippen molar-refractivity contribution in [2.45, 2.75) is 45.7 Å².